The van der Waals surface area contributed by atoms with Crippen molar-refractivity contribution in [2.75, 3.05) is 74.0 Å². The lowest BCUT2D eigenvalue weighted by Crippen LogP contribution is -2.63. The maximum atomic E-state index is 14.8. The Kier molecular flexibility index (Phi) is 31.0. The molecule has 464 valence electrons. The van der Waals surface area contributed by atoms with Crippen LogP contribution in [0.25, 0.3) is 0 Å². The van der Waals surface area contributed by atoms with Crippen LogP contribution in [0.15, 0.2) is 0 Å². The van der Waals surface area contributed by atoms with Crippen LogP contribution in [0.1, 0.15) is 129 Å². The van der Waals surface area contributed by atoms with Crippen LogP contribution >= 0.6 is 11.8 Å². The fourth-order valence-electron chi connectivity index (χ4n) is 9.64. The molecule has 0 radical (unpaired) electrons. The number of urea groups is 1. The van der Waals surface area contributed by atoms with E-state index in [1.165, 1.54) is 94.5 Å². The molecule has 25 heteroatoms. The topological polar surface area (TPSA) is 299 Å². The van der Waals surface area contributed by atoms with Gasteiger partial charge in [-0.15, -0.1) is 0 Å². The summed E-state index contributed by atoms with van der Waals surface area (Å²) >= 11 is 1.30. The zero-order chi connectivity index (χ0) is 62.7. The number of nitrogens with zero attached hydrogens (tertiary/aromatic N) is 7. The molecule has 1 aliphatic heterocycles. The van der Waals surface area contributed by atoms with Gasteiger partial charge in [0.05, 0.1) is 12.6 Å². The molecule has 1 fully saturated rings. The average Bonchev–Trinajstić information content (AvgIpc) is 3.38. The zero-order valence-electron chi connectivity index (χ0n) is 52.2. The number of likely N-dealkylation sites (N-methyl/N-ethyl adjacent to an activating group) is 7. The van der Waals surface area contributed by atoms with Crippen LogP contribution in [-0.4, -0.2) is 244 Å². The number of hydrogen-bond acceptors (Lipinski definition) is 14. The first-order chi connectivity index (χ1) is 37.5. The lowest BCUT2D eigenvalue weighted by Gasteiger charge is -2.39. The van der Waals surface area contributed by atoms with Gasteiger partial charge in [-0.25, -0.2) is 4.79 Å². The largest absolute Gasteiger partial charge is 0.396 e. The van der Waals surface area contributed by atoms with Gasteiger partial charge in [-0.3, -0.25) is 52.8 Å². The van der Waals surface area contributed by atoms with E-state index < -0.39 is 144 Å². The van der Waals surface area contributed by atoms with Gasteiger partial charge in [-0.2, -0.15) is 11.8 Å². The summed E-state index contributed by atoms with van der Waals surface area (Å²) in [6.45, 7) is 21.5. The highest BCUT2D eigenvalue weighted by Gasteiger charge is 2.44. The zero-order valence-corrected chi connectivity index (χ0v) is 53.0. The quantitative estimate of drug-likeness (QED) is 0.119. The van der Waals surface area contributed by atoms with Gasteiger partial charge in [0, 0.05) is 61.7 Å². The van der Waals surface area contributed by atoms with Crippen LogP contribution in [0, 0.1) is 29.6 Å². The third-order valence-corrected chi connectivity index (χ3v) is 15.8. The molecule has 0 aromatic carbocycles. The molecular weight excluding hydrogens is 1070 g/mol. The minimum atomic E-state index is -1.63. The highest BCUT2D eigenvalue weighted by molar-refractivity contribution is 7.99. The summed E-state index contributed by atoms with van der Waals surface area (Å²) < 4.78 is 0. The Morgan fingerprint density at radius 1 is 0.519 bits per heavy atom. The molecule has 10 atom stereocenters. The number of carbonyl (C=O) groups is 11. The molecule has 81 heavy (non-hydrogen) atoms. The number of thioether (sulfide) groups is 1. The number of aliphatic hydroxyl groups excluding tert-OH is 2. The summed E-state index contributed by atoms with van der Waals surface area (Å²) in [5.41, 5.74) is 0. The van der Waals surface area contributed by atoms with E-state index >= 15 is 0 Å². The maximum Gasteiger partial charge on any atom is 0.324 e. The van der Waals surface area contributed by atoms with Crippen molar-refractivity contribution in [1.82, 2.24) is 55.6 Å². The minimum absolute atomic E-state index is 0.00964. The lowest BCUT2D eigenvalue weighted by atomic mass is 9.96. The van der Waals surface area contributed by atoms with Crippen molar-refractivity contribution in [3.8, 4) is 0 Å². The van der Waals surface area contributed by atoms with E-state index in [4.69, 9.17) is 0 Å². The van der Waals surface area contributed by atoms with Crippen molar-refractivity contribution in [3.63, 3.8) is 0 Å². The van der Waals surface area contributed by atoms with Crippen LogP contribution in [0.4, 0.5) is 4.79 Å². The normalized spacial score (nSPS) is 26.0. The fraction of sp³-hybridized carbons (Fsp3) is 0.804. The monoisotopic (exact) mass is 1170 g/mol. The Hall–Kier alpha value is -5.56. The van der Waals surface area contributed by atoms with Crippen molar-refractivity contribution in [3.05, 3.63) is 0 Å². The van der Waals surface area contributed by atoms with Gasteiger partial charge < -0.3 is 60.9 Å². The number of rotatable bonds is 16. The Morgan fingerprint density at radius 3 is 1.47 bits per heavy atom. The summed E-state index contributed by atoms with van der Waals surface area (Å²) in [4.78, 5) is 166. The fourth-order valence-corrected chi connectivity index (χ4v) is 10.8. The predicted octanol–water partition coefficient (Wildman–Crippen LogP) is 1.35. The second kappa shape index (κ2) is 34.1. The summed E-state index contributed by atoms with van der Waals surface area (Å²) in [5, 5.41) is 31.2. The third-order valence-electron chi connectivity index (χ3n) is 14.7. The van der Waals surface area contributed by atoms with E-state index in [1.807, 2.05) is 41.5 Å². The van der Waals surface area contributed by atoms with Gasteiger partial charge in [0.2, 0.25) is 53.2 Å². The van der Waals surface area contributed by atoms with Crippen molar-refractivity contribution in [1.29, 1.82) is 0 Å². The van der Waals surface area contributed by atoms with E-state index in [1.54, 1.807) is 34.6 Å². The molecule has 0 aliphatic carbocycles. The maximum absolute atomic E-state index is 14.8. The number of aliphatic hydroxyl groups is 2. The van der Waals surface area contributed by atoms with Crippen molar-refractivity contribution in [2.45, 2.75) is 189 Å². The van der Waals surface area contributed by atoms with Crippen LogP contribution < -0.4 is 21.3 Å². The predicted molar refractivity (Wildman–Crippen MR) is 311 cm³/mol. The lowest BCUT2D eigenvalue weighted by molar-refractivity contribution is -0.154. The Morgan fingerprint density at radius 2 is 0.988 bits per heavy atom. The molecule has 12 amide bonds. The molecule has 2 unspecified atom stereocenters. The van der Waals surface area contributed by atoms with Crippen LogP contribution in [0.3, 0.4) is 0 Å². The Labute approximate surface area is 486 Å². The second-order valence-corrected chi connectivity index (χ2v) is 24.7. The van der Waals surface area contributed by atoms with Crippen LogP contribution in [0.2, 0.25) is 0 Å². The van der Waals surface area contributed by atoms with Gasteiger partial charge in [-0.05, 0) is 87.7 Å². The highest BCUT2D eigenvalue weighted by Crippen LogP contribution is 2.24. The van der Waals surface area contributed by atoms with Crippen molar-refractivity contribution >= 4 is 76.9 Å². The first-order valence-corrected chi connectivity index (χ1v) is 29.6. The van der Waals surface area contributed by atoms with E-state index in [0.29, 0.717) is 18.6 Å². The van der Waals surface area contributed by atoms with Gasteiger partial charge in [-0.1, -0.05) is 76.2 Å². The summed E-state index contributed by atoms with van der Waals surface area (Å²) in [5.74, 6) is -8.44. The first-order valence-electron chi connectivity index (χ1n) is 28.4. The van der Waals surface area contributed by atoms with Gasteiger partial charge in [0.25, 0.3) is 5.91 Å². The SMILES string of the molecule is CC[C@H]1NC(=O)N(C)C(=O)[C@@H](C(C)C)N(C)C(=O)[C@@H](CC(C)C)N(C)C(=O)[C@@H](CC(C)C)N(C)C(=O)CNC(=O)[C@@H](C)NC(=O)[C@@H](CC(C)C)N(C)C(=O)[C@@H](C(C)C)NC(=O)C(C(C)O)N(C)C(=O)[C@@H](CSCCCCO)N(C)C1=O. The van der Waals surface area contributed by atoms with Crippen LogP contribution in [0.5, 0.6) is 0 Å². The highest BCUT2D eigenvalue weighted by atomic mass is 32.2. The van der Waals surface area contributed by atoms with Crippen molar-refractivity contribution < 1.29 is 63.0 Å². The molecule has 0 spiro atoms. The Bertz CT molecular complexity index is 2160. The second-order valence-electron chi connectivity index (χ2n) is 23.6. The smallest absolute Gasteiger partial charge is 0.324 e. The molecule has 1 saturated heterocycles. The molecule has 1 heterocycles. The van der Waals surface area contributed by atoms with Gasteiger partial charge in [0.1, 0.15) is 54.4 Å². The van der Waals surface area contributed by atoms with E-state index in [-0.39, 0.29) is 55.8 Å². The number of hydrogen-bond donors (Lipinski definition) is 6. The minimum Gasteiger partial charge on any atom is -0.396 e. The first kappa shape index (κ1) is 73.5. The Balaban J connectivity index is 4.20. The van der Waals surface area contributed by atoms with E-state index in [2.05, 4.69) is 21.3 Å². The van der Waals surface area contributed by atoms with Gasteiger partial charge in [0.15, 0.2) is 0 Å². The molecule has 0 bridgehead atoms. The van der Waals surface area contributed by atoms with E-state index in [0.717, 1.165) is 14.7 Å². The molecular formula is C56H101N11O13S. The number of carbonyl (C=O) groups excluding carboxylic acids is 11. The van der Waals surface area contributed by atoms with E-state index in [9.17, 15) is 63.0 Å². The molecule has 0 aromatic rings. The number of imide groups is 1. The van der Waals surface area contributed by atoms with Gasteiger partial charge >= 0.3 is 6.03 Å². The summed E-state index contributed by atoms with van der Waals surface area (Å²) in [7, 11) is 9.48. The standard InChI is InChI=1S/C56H101N11O13S/c1-21-38-50(74)64(17)42(30-81-25-23-22-24-68)53(77)66(19)46(37(13)69)49(73)60-44(34(8)9)54(78)62(15)39(26-31(2)3)48(72)58-36(12)47(71)57-29-43(70)61(14)40(27-32(4)5)51(75)63(16)41(28-33(6)7)52(76)65(18)45(35(10)11)55(79)67(20)56(80)59-38/h31-42,44-46,68-69H,21-30H2,1-20H3,(H,57,71)(H,58,72)(H,59,80)(H,60,73)/t36-,37?,38-,39-,40-,41-,42-,44-,45-,46?/m1/s1. The number of amides is 12. The average molecular weight is 1170 g/mol. The molecule has 24 nitrogen and oxygen atoms in total. The van der Waals surface area contributed by atoms with Crippen LogP contribution in [-0.2, 0) is 47.9 Å². The van der Waals surface area contributed by atoms with Crippen molar-refractivity contribution in [2.24, 2.45) is 29.6 Å². The molecule has 0 saturated carbocycles. The summed E-state index contributed by atoms with van der Waals surface area (Å²) in [6.07, 6.45) is -0.0637. The third kappa shape index (κ3) is 21.0. The summed E-state index contributed by atoms with van der Waals surface area (Å²) in [6, 6.07) is -12.5. The molecule has 1 aliphatic rings. The number of nitrogens with one attached hydrogen (secondary N) is 4. The molecule has 0 aromatic heterocycles. The molecule has 6 N–H and O–H groups in total. The number of unbranched alkanes of at least 4 members (excludes halogenated alkanes) is 1. The molecule has 1 rings (SSSR count).